The van der Waals surface area contributed by atoms with Crippen LogP contribution in [0.15, 0.2) is 35.7 Å². The van der Waals surface area contributed by atoms with Crippen LogP contribution in [0, 0.1) is 0 Å². The number of likely N-dealkylation sites (tertiary alicyclic amines) is 1. The van der Waals surface area contributed by atoms with Crippen molar-refractivity contribution in [3.63, 3.8) is 0 Å². The van der Waals surface area contributed by atoms with E-state index in [4.69, 9.17) is 5.73 Å². The maximum absolute atomic E-state index is 12.0. The van der Waals surface area contributed by atoms with E-state index in [0.29, 0.717) is 0 Å². The monoisotopic (exact) mass is 355 g/mol. The Labute approximate surface area is 153 Å². The molecule has 0 bridgehead atoms. The lowest BCUT2D eigenvalue weighted by Gasteiger charge is -2.34. The van der Waals surface area contributed by atoms with Gasteiger partial charge in [-0.2, -0.15) is 0 Å². The topological polar surface area (TPSA) is 49.6 Å². The number of thiophene rings is 1. The first-order valence-electron chi connectivity index (χ1n) is 9.08. The van der Waals surface area contributed by atoms with Crippen molar-refractivity contribution < 1.29 is 4.79 Å². The molecule has 1 amide bonds. The molecular formula is C20H25N3OS. The van der Waals surface area contributed by atoms with E-state index in [1.807, 2.05) is 6.07 Å². The van der Waals surface area contributed by atoms with Crippen LogP contribution in [0.5, 0.6) is 0 Å². The molecule has 1 atom stereocenters. The first kappa shape index (κ1) is 16.8. The van der Waals surface area contributed by atoms with Crippen molar-refractivity contribution in [3.05, 3.63) is 57.3 Å². The van der Waals surface area contributed by atoms with Crippen LogP contribution in [-0.4, -0.2) is 34.8 Å². The Morgan fingerprint density at radius 1 is 1.16 bits per heavy atom. The van der Waals surface area contributed by atoms with Gasteiger partial charge in [-0.25, -0.2) is 0 Å². The normalized spacial score (nSPS) is 21.4. The molecule has 4 nitrogen and oxygen atoms in total. The van der Waals surface area contributed by atoms with Gasteiger partial charge in [-0.05, 0) is 60.5 Å². The van der Waals surface area contributed by atoms with E-state index < -0.39 is 0 Å². The van der Waals surface area contributed by atoms with E-state index in [1.165, 1.54) is 47.5 Å². The Hall–Kier alpha value is -1.69. The number of carbonyl (C=O) groups excluding carboxylic acids is 1. The third-order valence-corrected chi connectivity index (χ3v) is 6.32. The zero-order valence-electron chi connectivity index (χ0n) is 14.5. The van der Waals surface area contributed by atoms with E-state index in [0.717, 1.165) is 26.1 Å². The summed E-state index contributed by atoms with van der Waals surface area (Å²) in [6, 6.07) is 10.5. The van der Waals surface area contributed by atoms with Gasteiger partial charge in [-0.3, -0.25) is 14.6 Å². The molecule has 0 spiro atoms. The highest BCUT2D eigenvalue weighted by molar-refractivity contribution is 7.10. The van der Waals surface area contributed by atoms with Crippen LogP contribution in [0.25, 0.3) is 0 Å². The maximum Gasteiger partial charge on any atom is 0.235 e. The molecule has 2 aliphatic rings. The second-order valence-electron chi connectivity index (χ2n) is 7.20. The third-order valence-electron chi connectivity index (χ3n) is 5.35. The van der Waals surface area contributed by atoms with Crippen LogP contribution in [-0.2, 0) is 30.8 Å². The minimum Gasteiger partial charge on any atom is -0.368 e. The van der Waals surface area contributed by atoms with Crippen LogP contribution in [0.2, 0.25) is 0 Å². The molecule has 4 rings (SSSR count). The largest absolute Gasteiger partial charge is 0.368 e. The molecule has 0 aliphatic carbocycles. The summed E-state index contributed by atoms with van der Waals surface area (Å²) in [6.45, 7) is 5.09. The van der Waals surface area contributed by atoms with Gasteiger partial charge >= 0.3 is 0 Å². The van der Waals surface area contributed by atoms with Crippen LogP contribution in [0.3, 0.4) is 0 Å². The van der Waals surface area contributed by atoms with Gasteiger partial charge in [0.1, 0.15) is 0 Å². The predicted octanol–water partition coefficient (Wildman–Crippen LogP) is 2.76. The SMILES string of the molecule is NC(=O)C1Cc2ccccc2CN1Cc1cc(CN2CCCC2)cs1. The average molecular weight is 356 g/mol. The lowest BCUT2D eigenvalue weighted by Crippen LogP contribution is -2.47. The molecule has 132 valence electrons. The summed E-state index contributed by atoms with van der Waals surface area (Å²) in [5.41, 5.74) is 9.66. The molecule has 2 aliphatic heterocycles. The van der Waals surface area contributed by atoms with Crippen molar-refractivity contribution in [2.45, 2.75) is 44.9 Å². The molecule has 1 aromatic heterocycles. The second-order valence-corrected chi connectivity index (χ2v) is 8.20. The summed E-state index contributed by atoms with van der Waals surface area (Å²) in [5, 5.41) is 2.27. The lowest BCUT2D eigenvalue weighted by molar-refractivity contribution is -0.124. The molecule has 0 saturated carbocycles. The van der Waals surface area contributed by atoms with Crippen molar-refractivity contribution in [1.29, 1.82) is 0 Å². The molecule has 5 heteroatoms. The van der Waals surface area contributed by atoms with E-state index in [-0.39, 0.29) is 11.9 Å². The minimum absolute atomic E-state index is 0.209. The number of nitrogens with two attached hydrogens (primary N) is 1. The van der Waals surface area contributed by atoms with E-state index >= 15 is 0 Å². The van der Waals surface area contributed by atoms with Crippen molar-refractivity contribution in [2.24, 2.45) is 5.73 Å². The molecule has 1 unspecified atom stereocenters. The highest BCUT2D eigenvalue weighted by atomic mass is 32.1. The number of rotatable bonds is 5. The summed E-state index contributed by atoms with van der Waals surface area (Å²) < 4.78 is 0. The Balaban J connectivity index is 1.47. The molecule has 1 fully saturated rings. The molecule has 2 aromatic rings. The van der Waals surface area contributed by atoms with Crippen LogP contribution >= 0.6 is 11.3 Å². The number of hydrogen-bond donors (Lipinski definition) is 1. The zero-order chi connectivity index (χ0) is 17.2. The minimum atomic E-state index is -0.219. The van der Waals surface area contributed by atoms with E-state index in [1.54, 1.807) is 11.3 Å². The number of amides is 1. The third kappa shape index (κ3) is 3.78. The summed E-state index contributed by atoms with van der Waals surface area (Å²) in [6.07, 6.45) is 3.37. The van der Waals surface area contributed by atoms with Gasteiger partial charge in [-0.15, -0.1) is 11.3 Å². The van der Waals surface area contributed by atoms with Crippen LogP contribution in [0.4, 0.5) is 0 Å². The van der Waals surface area contributed by atoms with Gasteiger partial charge in [0.05, 0.1) is 6.04 Å². The van der Waals surface area contributed by atoms with Gasteiger partial charge in [0.2, 0.25) is 5.91 Å². The van der Waals surface area contributed by atoms with Gasteiger partial charge in [0.25, 0.3) is 0 Å². The molecule has 2 N–H and O–H groups in total. The fourth-order valence-corrected chi connectivity index (χ4v) is 4.92. The van der Waals surface area contributed by atoms with E-state index in [2.05, 4.69) is 39.4 Å². The quantitative estimate of drug-likeness (QED) is 0.897. The highest BCUT2D eigenvalue weighted by Gasteiger charge is 2.30. The van der Waals surface area contributed by atoms with Crippen molar-refractivity contribution in [3.8, 4) is 0 Å². The van der Waals surface area contributed by atoms with Crippen LogP contribution < -0.4 is 5.73 Å². The number of fused-ring (bicyclic) bond motifs is 1. The van der Waals surface area contributed by atoms with Crippen molar-refractivity contribution in [1.82, 2.24) is 9.80 Å². The van der Waals surface area contributed by atoms with Crippen molar-refractivity contribution in [2.75, 3.05) is 13.1 Å². The van der Waals surface area contributed by atoms with Gasteiger partial charge in [-0.1, -0.05) is 24.3 Å². The number of nitrogens with zero attached hydrogens (tertiary/aromatic N) is 2. The maximum atomic E-state index is 12.0. The Kier molecular flexibility index (Phi) is 4.88. The van der Waals surface area contributed by atoms with Crippen molar-refractivity contribution >= 4 is 17.2 Å². The summed E-state index contributed by atoms with van der Waals surface area (Å²) in [5.74, 6) is -0.219. The number of primary amides is 1. The molecule has 25 heavy (non-hydrogen) atoms. The smallest absolute Gasteiger partial charge is 0.235 e. The number of hydrogen-bond acceptors (Lipinski definition) is 4. The van der Waals surface area contributed by atoms with Crippen LogP contribution in [0.1, 0.15) is 34.4 Å². The standard InChI is InChI=1S/C20H25N3OS/c21-20(24)19-10-16-5-1-2-6-17(16)12-23(19)13-18-9-15(14-25-18)11-22-7-3-4-8-22/h1-2,5-6,9,14,19H,3-4,7-8,10-13H2,(H2,21,24). The van der Waals surface area contributed by atoms with Gasteiger partial charge < -0.3 is 5.73 Å². The first-order chi connectivity index (χ1) is 12.2. The fraction of sp³-hybridized carbons (Fsp3) is 0.450. The van der Waals surface area contributed by atoms with Gasteiger partial charge in [0.15, 0.2) is 0 Å². The molecule has 1 aromatic carbocycles. The van der Waals surface area contributed by atoms with Gasteiger partial charge in [0, 0.05) is 24.5 Å². The molecule has 1 saturated heterocycles. The average Bonchev–Trinajstić information content (AvgIpc) is 3.27. The molecule has 3 heterocycles. The summed E-state index contributed by atoms with van der Waals surface area (Å²) in [7, 11) is 0. The Morgan fingerprint density at radius 2 is 1.92 bits per heavy atom. The lowest BCUT2D eigenvalue weighted by atomic mass is 9.93. The van der Waals surface area contributed by atoms with E-state index in [9.17, 15) is 4.79 Å². The highest BCUT2D eigenvalue weighted by Crippen LogP contribution is 2.27. The first-order valence-corrected chi connectivity index (χ1v) is 9.96. The predicted molar refractivity (Wildman–Crippen MR) is 101 cm³/mol. The number of benzene rings is 1. The Bertz CT molecular complexity index is 751. The molecule has 0 radical (unpaired) electrons. The fourth-order valence-electron chi connectivity index (χ4n) is 4.02. The Morgan fingerprint density at radius 3 is 2.68 bits per heavy atom. The summed E-state index contributed by atoms with van der Waals surface area (Å²) >= 11 is 1.80. The zero-order valence-corrected chi connectivity index (χ0v) is 15.3. The second kappa shape index (κ2) is 7.28. The molecular weight excluding hydrogens is 330 g/mol. The summed E-state index contributed by atoms with van der Waals surface area (Å²) in [4.78, 5) is 18.1. The number of carbonyl (C=O) groups is 1.